The molecule has 1 aliphatic heterocycles. The van der Waals surface area contributed by atoms with Crippen molar-refractivity contribution < 1.29 is 0 Å². The first-order valence-electron chi connectivity index (χ1n) is 6.19. The lowest BCUT2D eigenvalue weighted by atomic mass is 9.93. The zero-order valence-electron chi connectivity index (χ0n) is 10.1. The van der Waals surface area contributed by atoms with E-state index in [4.69, 9.17) is 5.73 Å². The number of hydrogen-bond acceptors (Lipinski definition) is 4. The maximum Gasteiger partial charge on any atom is 0.220 e. The smallest absolute Gasteiger partial charge is 0.220 e. The first-order chi connectivity index (χ1) is 8.83. The fraction of sp³-hybridized carbons (Fsp3) is 0.286. The van der Waals surface area contributed by atoms with Crippen LogP contribution in [0.4, 0.5) is 5.95 Å². The van der Waals surface area contributed by atoms with Gasteiger partial charge in [0.05, 0.1) is 5.69 Å². The molecule has 1 aromatic carbocycles. The molecule has 2 heterocycles. The van der Waals surface area contributed by atoms with Gasteiger partial charge in [0.15, 0.2) is 0 Å². The fourth-order valence-electron chi connectivity index (χ4n) is 2.22. The summed E-state index contributed by atoms with van der Waals surface area (Å²) in [5, 5.41) is 3.27. The standard InChI is InChI=1S/C14H16N4/c15-14-17-9-11(6-10-4-2-1-3-5-10)13(18-14)12-7-16-8-12/h1-5,9,12,16H,6-8H2,(H2,15,17,18). The van der Waals surface area contributed by atoms with E-state index in [1.807, 2.05) is 12.3 Å². The Morgan fingerprint density at radius 3 is 2.67 bits per heavy atom. The Kier molecular flexibility index (Phi) is 2.94. The van der Waals surface area contributed by atoms with Crippen molar-refractivity contribution in [3.05, 3.63) is 53.3 Å². The highest BCUT2D eigenvalue weighted by Crippen LogP contribution is 2.23. The quantitative estimate of drug-likeness (QED) is 0.849. The molecule has 0 amide bonds. The Bertz CT molecular complexity index is 535. The Morgan fingerprint density at radius 1 is 1.22 bits per heavy atom. The van der Waals surface area contributed by atoms with Gasteiger partial charge in [0.25, 0.3) is 0 Å². The van der Waals surface area contributed by atoms with Crippen molar-refractivity contribution in [2.24, 2.45) is 0 Å². The van der Waals surface area contributed by atoms with E-state index in [9.17, 15) is 0 Å². The topological polar surface area (TPSA) is 63.8 Å². The number of aromatic nitrogens is 2. The van der Waals surface area contributed by atoms with Crippen LogP contribution in [-0.2, 0) is 6.42 Å². The van der Waals surface area contributed by atoms with Crippen LogP contribution in [0.1, 0.15) is 22.7 Å². The fourth-order valence-corrected chi connectivity index (χ4v) is 2.22. The molecular weight excluding hydrogens is 224 g/mol. The predicted octanol–water partition coefficient (Wildman–Crippen LogP) is 1.34. The maximum atomic E-state index is 5.69. The Morgan fingerprint density at radius 2 is 2.00 bits per heavy atom. The van der Waals surface area contributed by atoms with Crippen molar-refractivity contribution in [2.45, 2.75) is 12.3 Å². The molecule has 92 valence electrons. The summed E-state index contributed by atoms with van der Waals surface area (Å²) in [5.41, 5.74) is 9.26. The van der Waals surface area contributed by atoms with Crippen LogP contribution in [-0.4, -0.2) is 23.1 Å². The van der Waals surface area contributed by atoms with E-state index in [0.29, 0.717) is 11.9 Å². The van der Waals surface area contributed by atoms with E-state index in [0.717, 1.165) is 25.2 Å². The lowest BCUT2D eigenvalue weighted by molar-refractivity contribution is 0.437. The highest BCUT2D eigenvalue weighted by atomic mass is 15.0. The summed E-state index contributed by atoms with van der Waals surface area (Å²) in [4.78, 5) is 8.54. The minimum atomic E-state index is 0.369. The van der Waals surface area contributed by atoms with Crippen molar-refractivity contribution in [3.63, 3.8) is 0 Å². The van der Waals surface area contributed by atoms with Gasteiger partial charge in [0.1, 0.15) is 0 Å². The molecule has 1 saturated heterocycles. The van der Waals surface area contributed by atoms with Gasteiger partial charge >= 0.3 is 0 Å². The van der Waals surface area contributed by atoms with Crippen LogP contribution in [0.3, 0.4) is 0 Å². The molecule has 0 spiro atoms. The van der Waals surface area contributed by atoms with E-state index < -0.39 is 0 Å². The number of anilines is 1. The SMILES string of the molecule is Nc1ncc(Cc2ccccc2)c(C2CNC2)n1. The summed E-state index contributed by atoms with van der Waals surface area (Å²) in [5.74, 6) is 0.850. The summed E-state index contributed by atoms with van der Waals surface area (Å²) in [6, 6.07) is 10.4. The van der Waals surface area contributed by atoms with Crippen LogP contribution in [0.2, 0.25) is 0 Å². The van der Waals surface area contributed by atoms with Crippen LogP contribution in [0, 0.1) is 0 Å². The number of nitrogens with zero attached hydrogens (tertiary/aromatic N) is 2. The number of hydrogen-bond donors (Lipinski definition) is 2. The lowest BCUT2D eigenvalue weighted by Crippen LogP contribution is -2.41. The summed E-state index contributed by atoms with van der Waals surface area (Å²) in [6.07, 6.45) is 2.73. The van der Waals surface area contributed by atoms with Crippen LogP contribution in [0.5, 0.6) is 0 Å². The summed E-state index contributed by atoms with van der Waals surface area (Å²) in [6.45, 7) is 1.97. The number of nitrogens with one attached hydrogen (secondary N) is 1. The zero-order valence-corrected chi connectivity index (χ0v) is 10.1. The monoisotopic (exact) mass is 240 g/mol. The van der Waals surface area contributed by atoms with Gasteiger partial charge in [-0.1, -0.05) is 30.3 Å². The van der Waals surface area contributed by atoms with E-state index >= 15 is 0 Å². The maximum absolute atomic E-state index is 5.69. The Labute approximate surface area is 106 Å². The van der Waals surface area contributed by atoms with Crippen molar-refractivity contribution in [1.82, 2.24) is 15.3 Å². The normalized spacial score (nSPS) is 15.3. The molecule has 0 saturated carbocycles. The van der Waals surface area contributed by atoms with E-state index in [-0.39, 0.29) is 0 Å². The summed E-state index contributed by atoms with van der Waals surface area (Å²) < 4.78 is 0. The molecule has 4 nitrogen and oxygen atoms in total. The Balaban J connectivity index is 1.91. The Hall–Kier alpha value is -1.94. The summed E-state index contributed by atoms with van der Waals surface area (Å²) in [7, 11) is 0. The zero-order chi connectivity index (χ0) is 12.4. The predicted molar refractivity (Wildman–Crippen MR) is 71.3 cm³/mol. The average Bonchev–Trinajstić information content (AvgIpc) is 2.32. The van der Waals surface area contributed by atoms with Crippen LogP contribution < -0.4 is 11.1 Å². The first-order valence-corrected chi connectivity index (χ1v) is 6.19. The number of rotatable bonds is 3. The molecule has 0 atom stereocenters. The molecule has 18 heavy (non-hydrogen) atoms. The van der Waals surface area contributed by atoms with Gasteiger partial charge in [0, 0.05) is 31.6 Å². The molecule has 3 N–H and O–H groups in total. The van der Waals surface area contributed by atoms with Gasteiger partial charge in [-0.25, -0.2) is 9.97 Å². The average molecular weight is 240 g/mol. The molecule has 0 unspecified atom stereocenters. The van der Waals surface area contributed by atoms with Crippen molar-refractivity contribution in [2.75, 3.05) is 18.8 Å². The molecular formula is C14H16N4. The second-order valence-corrected chi connectivity index (χ2v) is 4.66. The first kappa shape index (κ1) is 11.2. The lowest BCUT2D eigenvalue weighted by Gasteiger charge is -2.28. The molecule has 1 aromatic heterocycles. The highest BCUT2D eigenvalue weighted by Gasteiger charge is 2.23. The van der Waals surface area contributed by atoms with Gasteiger partial charge in [-0.15, -0.1) is 0 Å². The molecule has 2 aromatic rings. The molecule has 1 fully saturated rings. The van der Waals surface area contributed by atoms with E-state index in [2.05, 4.69) is 39.6 Å². The largest absolute Gasteiger partial charge is 0.368 e. The van der Waals surface area contributed by atoms with Gasteiger partial charge < -0.3 is 11.1 Å². The highest BCUT2D eigenvalue weighted by molar-refractivity contribution is 5.34. The molecule has 3 rings (SSSR count). The van der Waals surface area contributed by atoms with E-state index in [1.165, 1.54) is 11.1 Å². The third kappa shape index (κ3) is 2.19. The molecule has 4 heteroatoms. The molecule has 0 radical (unpaired) electrons. The third-order valence-corrected chi connectivity index (χ3v) is 3.32. The summed E-state index contributed by atoms with van der Waals surface area (Å²) >= 11 is 0. The number of nitrogen functional groups attached to an aromatic ring is 1. The van der Waals surface area contributed by atoms with Crippen molar-refractivity contribution in [1.29, 1.82) is 0 Å². The third-order valence-electron chi connectivity index (χ3n) is 3.32. The van der Waals surface area contributed by atoms with Crippen molar-refractivity contribution in [3.8, 4) is 0 Å². The minimum Gasteiger partial charge on any atom is -0.368 e. The second-order valence-electron chi connectivity index (χ2n) is 4.66. The van der Waals surface area contributed by atoms with Gasteiger partial charge in [-0.2, -0.15) is 0 Å². The van der Waals surface area contributed by atoms with Crippen LogP contribution in [0.25, 0.3) is 0 Å². The van der Waals surface area contributed by atoms with Gasteiger partial charge in [-0.3, -0.25) is 0 Å². The number of benzene rings is 1. The molecule has 1 aliphatic rings. The molecule has 0 aliphatic carbocycles. The van der Waals surface area contributed by atoms with Crippen LogP contribution in [0.15, 0.2) is 36.5 Å². The number of nitrogens with two attached hydrogens (primary N) is 1. The second kappa shape index (κ2) is 4.74. The van der Waals surface area contributed by atoms with Crippen molar-refractivity contribution >= 4 is 5.95 Å². The van der Waals surface area contributed by atoms with Gasteiger partial charge in [-0.05, 0) is 11.1 Å². The van der Waals surface area contributed by atoms with Crippen LogP contribution >= 0.6 is 0 Å². The van der Waals surface area contributed by atoms with E-state index in [1.54, 1.807) is 0 Å². The molecule has 0 bridgehead atoms. The minimum absolute atomic E-state index is 0.369. The van der Waals surface area contributed by atoms with Gasteiger partial charge in [0.2, 0.25) is 5.95 Å².